The van der Waals surface area contributed by atoms with Crippen LogP contribution in [-0.2, 0) is 5.41 Å². The summed E-state index contributed by atoms with van der Waals surface area (Å²) >= 11 is 0. The van der Waals surface area contributed by atoms with E-state index in [0.717, 1.165) is 17.6 Å². The number of hydrogen-bond donors (Lipinski definition) is 1. The fourth-order valence-corrected chi connectivity index (χ4v) is 2.93. The quantitative estimate of drug-likeness (QED) is 0.855. The highest BCUT2D eigenvalue weighted by atomic mass is 14.8. The third kappa shape index (κ3) is 1.40. The molecular weight excluding hydrogens is 208 g/mol. The molecule has 1 fully saturated rings. The van der Waals surface area contributed by atoms with Gasteiger partial charge in [0, 0.05) is 23.0 Å². The normalized spacial score (nSPS) is 26.1. The van der Waals surface area contributed by atoms with Gasteiger partial charge in [-0.3, -0.25) is 4.98 Å². The first kappa shape index (κ1) is 10.7. The molecule has 1 atom stereocenters. The van der Waals surface area contributed by atoms with Gasteiger partial charge in [0.2, 0.25) is 0 Å². The lowest BCUT2D eigenvalue weighted by atomic mass is 9.91. The second-order valence-electron chi connectivity index (χ2n) is 5.74. The van der Waals surface area contributed by atoms with Gasteiger partial charge in [0.1, 0.15) is 0 Å². The lowest BCUT2D eigenvalue weighted by Crippen LogP contribution is -2.26. The standard InChI is InChI=1S/C15H18N2/c1-14(2)9-15(14,10-16)13-8-7-11-5-3-4-6-12(11)17-13/h3-8H,9-10,16H2,1-2H3. The predicted molar refractivity (Wildman–Crippen MR) is 70.9 cm³/mol. The van der Waals surface area contributed by atoms with Crippen molar-refractivity contribution >= 4 is 10.9 Å². The zero-order valence-electron chi connectivity index (χ0n) is 10.4. The first-order valence-corrected chi connectivity index (χ1v) is 6.15. The van der Waals surface area contributed by atoms with Gasteiger partial charge in [0.25, 0.3) is 0 Å². The molecule has 1 heterocycles. The number of nitrogens with zero attached hydrogens (tertiary/aromatic N) is 1. The number of rotatable bonds is 2. The van der Waals surface area contributed by atoms with Crippen molar-refractivity contribution in [2.75, 3.05) is 6.54 Å². The van der Waals surface area contributed by atoms with Gasteiger partial charge in [-0.1, -0.05) is 38.1 Å². The minimum Gasteiger partial charge on any atom is -0.330 e. The van der Waals surface area contributed by atoms with Gasteiger partial charge in [-0.25, -0.2) is 0 Å². The molecule has 1 aromatic carbocycles. The molecule has 0 spiro atoms. The number of para-hydroxylation sites is 1. The Bertz CT molecular complexity index is 574. The molecule has 0 radical (unpaired) electrons. The van der Waals surface area contributed by atoms with Crippen molar-refractivity contribution in [3.05, 3.63) is 42.1 Å². The van der Waals surface area contributed by atoms with Crippen LogP contribution >= 0.6 is 0 Å². The van der Waals surface area contributed by atoms with E-state index < -0.39 is 0 Å². The zero-order valence-corrected chi connectivity index (χ0v) is 10.4. The highest BCUT2D eigenvalue weighted by Gasteiger charge is 2.61. The number of pyridine rings is 1. The van der Waals surface area contributed by atoms with Crippen LogP contribution in [0.3, 0.4) is 0 Å². The topological polar surface area (TPSA) is 38.9 Å². The fourth-order valence-electron chi connectivity index (χ4n) is 2.93. The van der Waals surface area contributed by atoms with E-state index in [2.05, 4.69) is 38.1 Å². The van der Waals surface area contributed by atoms with E-state index in [9.17, 15) is 0 Å². The van der Waals surface area contributed by atoms with Crippen molar-refractivity contribution in [1.82, 2.24) is 4.98 Å². The number of nitrogens with two attached hydrogens (primary N) is 1. The molecule has 1 aromatic heterocycles. The lowest BCUT2D eigenvalue weighted by molar-refractivity contribution is 0.494. The Kier molecular flexibility index (Phi) is 2.08. The van der Waals surface area contributed by atoms with Crippen LogP contribution in [0.15, 0.2) is 36.4 Å². The van der Waals surface area contributed by atoms with Gasteiger partial charge >= 0.3 is 0 Å². The summed E-state index contributed by atoms with van der Waals surface area (Å²) in [7, 11) is 0. The van der Waals surface area contributed by atoms with Crippen LogP contribution in [0.1, 0.15) is 26.0 Å². The summed E-state index contributed by atoms with van der Waals surface area (Å²) in [6.45, 7) is 5.23. The molecule has 3 rings (SSSR count). The molecule has 1 aliphatic carbocycles. The van der Waals surface area contributed by atoms with Crippen LogP contribution in [0.2, 0.25) is 0 Å². The second-order valence-corrected chi connectivity index (χ2v) is 5.74. The van der Waals surface area contributed by atoms with E-state index in [-0.39, 0.29) is 10.8 Å². The van der Waals surface area contributed by atoms with Crippen molar-refractivity contribution in [2.45, 2.75) is 25.7 Å². The molecule has 1 unspecified atom stereocenters. The highest BCUT2D eigenvalue weighted by molar-refractivity contribution is 5.78. The summed E-state index contributed by atoms with van der Waals surface area (Å²) in [5, 5.41) is 1.20. The Morgan fingerprint density at radius 3 is 2.53 bits per heavy atom. The van der Waals surface area contributed by atoms with E-state index in [1.54, 1.807) is 0 Å². The monoisotopic (exact) mass is 226 g/mol. The highest BCUT2D eigenvalue weighted by Crippen LogP contribution is 2.63. The molecule has 2 nitrogen and oxygen atoms in total. The third-order valence-corrected chi connectivity index (χ3v) is 4.35. The predicted octanol–water partition coefficient (Wildman–Crippen LogP) is 2.86. The van der Waals surface area contributed by atoms with Gasteiger partial charge in [-0.2, -0.15) is 0 Å². The average Bonchev–Trinajstić information content (AvgIpc) is 2.92. The minimum atomic E-state index is 0.0943. The Labute approximate surface area is 102 Å². The van der Waals surface area contributed by atoms with Crippen LogP contribution < -0.4 is 5.73 Å². The SMILES string of the molecule is CC1(C)CC1(CN)c1ccc2ccccc2n1. The van der Waals surface area contributed by atoms with Crippen LogP contribution in [0, 0.1) is 5.41 Å². The maximum Gasteiger partial charge on any atom is 0.0705 e. The van der Waals surface area contributed by atoms with Crippen molar-refractivity contribution < 1.29 is 0 Å². The zero-order chi connectivity index (χ0) is 12.1. The maximum atomic E-state index is 5.98. The summed E-state index contributed by atoms with van der Waals surface area (Å²) in [6, 6.07) is 12.5. The summed E-state index contributed by atoms with van der Waals surface area (Å²) in [5.74, 6) is 0. The van der Waals surface area contributed by atoms with Gasteiger partial charge in [-0.05, 0) is 24.0 Å². The van der Waals surface area contributed by atoms with E-state index in [1.165, 1.54) is 5.39 Å². The van der Waals surface area contributed by atoms with Crippen molar-refractivity contribution in [3.8, 4) is 0 Å². The van der Waals surface area contributed by atoms with E-state index >= 15 is 0 Å². The first-order valence-electron chi connectivity index (χ1n) is 6.15. The Hall–Kier alpha value is -1.41. The largest absolute Gasteiger partial charge is 0.330 e. The van der Waals surface area contributed by atoms with E-state index in [0.29, 0.717) is 6.54 Å². The van der Waals surface area contributed by atoms with E-state index in [4.69, 9.17) is 10.7 Å². The number of benzene rings is 1. The second kappa shape index (κ2) is 3.30. The lowest BCUT2D eigenvalue weighted by Gasteiger charge is -2.18. The fraction of sp³-hybridized carbons (Fsp3) is 0.400. The molecule has 0 bridgehead atoms. The molecule has 0 saturated heterocycles. The average molecular weight is 226 g/mol. The van der Waals surface area contributed by atoms with Crippen LogP contribution in [0.25, 0.3) is 10.9 Å². The number of fused-ring (bicyclic) bond motifs is 1. The Balaban J connectivity index is 2.13. The summed E-state index contributed by atoms with van der Waals surface area (Å²) in [4.78, 5) is 4.80. The summed E-state index contributed by atoms with van der Waals surface area (Å²) < 4.78 is 0. The molecule has 17 heavy (non-hydrogen) atoms. The third-order valence-electron chi connectivity index (χ3n) is 4.35. The molecule has 88 valence electrons. The summed E-state index contributed by atoms with van der Waals surface area (Å²) in [6.07, 6.45) is 1.14. The molecule has 2 aromatic rings. The minimum absolute atomic E-state index is 0.0943. The van der Waals surface area contributed by atoms with Crippen molar-refractivity contribution in [1.29, 1.82) is 0 Å². The van der Waals surface area contributed by atoms with Crippen LogP contribution in [-0.4, -0.2) is 11.5 Å². The first-order chi connectivity index (χ1) is 8.09. The molecule has 0 aliphatic heterocycles. The number of aromatic nitrogens is 1. The van der Waals surface area contributed by atoms with E-state index in [1.807, 2.05) is 12.1 Å². The smallest absolute Gasteiger partial charge is 0.0705 e. The van der Waals surface area contributed by atoms with Gasteiger partial charge in [-0.15, -0.1) is 0 Å². The van der Waals surface area contributed by atoms with Crippen molar-refractivity contribution in [3.63, 3.8) is 0 Å². The van der Waals surface area contributed by atoms with Gasteiger partial charge in [0.15, 0.2) is 0 Å². The molecule has 2 heteroatoms. The van der Waals surface area contributed by atoms with Crippen molar-refractivity contribution in [2.24, 2.45) is 11.1 Å². The number of hydrogen-bond acceptors (Lipinski definition) is 2. The van der Waals surface area contributed by atoms with Crippen LogP contribution in [0.4, 0.5) is 0 Å². The Morgan fingerprint density at radius 2 is 1.88 bits per heavy atom. The Morgan fingerprint density at radius 1 is 1.18 bits per heavy atom. The van der Waals surface area contributed by atoms with Gasteiger partial charge < -0.3 is 5.73 Å². The molecule has 0 amide bonds. The molecule has 1 aliphatic rings. The molecule has 2 N–H and O–H groups in total. The maximum absolute atomic E-state index is 5.98. The van der Waals surface area contributed by atoms with Crippen LogP contribution in [0.5, 0.6) is 0 Å². The molecular formula is C15H18N2. The molecule has 1 saturated carbocycles. The summed E-state index contributed by atoms with van der Waals surface area (Å²) in [5.41, 5.74) is 8.59. The van der Waals surface area contributed by atoms with Gasteiger partial charge in [0.05, 0.1) is 5.52 Å².